The Labute approximate surface area is 147 Å². The molecule has 0 aromatic heterocycles. The normalized spacial score (nSPS) is 17.7. The number of ether oxygens (including phenoxy) is 1. The van der Waals surface area contributed by atoms with Crippen molar-refractivity contribution < 1.29 is 17.9 Å². The second-order valence-corrected chi connectivity index (χ2v) is 8.24. The first kappa shape index (κ1) is 19.0. The lowest BCUT2D eigenvalue weighted by Gasteiger charge is -2.23. The number of hydrogen-bond acceptors (Lipinski definition) is 6. The van der Waals surface area contributed by atoms with E-state index in [4.69, 9.17) is 9.88 Å². The van der Waals surface area contributed by atoms with E-state index in [1.165, 1.54) is 23.9 Å². The van der Waals surface area contributed by atoms with Crippen molar-refractivity contribution in [2.45, 2.75) is 17.4 Å². The number of thioether (sulfide) groups is 1. The maximum atomic E-state index is 12.1. The van der Waals surface area contributed by atoms with E-state index in [0.717, 1.165) is 19.5 Å². The Morgan fingerprint density at radius 1 is 1.42 bits per heavy atom. The average molecular weight is 374 g/mol. The van der Waals surface area contributed by atoms with Crippen molar-refractivity contribution in [3.8, 4) is 5.75 Å². The molecule has 1 saturated heterocycles. The number of rotatable bonds is 8. The Balaban J connectivity index is 1.65. The Bertz CT molecular complexity index is 643. The van der Waals surface area contributed by atoms with Crippen molar-refractivity contribution in [2.24, 2.45) is 5.14 Å². The van der Waals surface area contributed by atoms with Crippen LogP contribution in [0.1, 0.15) is 6.42 Å². The van der Waals surface area contributed by atoms with Crippen molar-refractivity contribution in [3.63, 3.8) is 0 Å². The SMILES string of the molecule is CN(C(=O)CSCCOc1ccc(S(N)(=O)=O)cc1)C1CCNC1. The van der Waals surface area contributed by atoms with Crippen LogP contribution in [0.15, 0.2) is 29.2 Å². The highest BCUT2D eigenvalue weighted by Crippen LogP contribution is 2.15. The summed E-state index contributed by atoms with van der Waals surface area (Å²) in [6, 6.07) is 6.25. The summed E-state index contributed by atoms with van der Waals surface area (Å²) in [6.45, 7) is 2.28. The first-order chi connectivity index (χ1) is 11.4. The van der Waals surface area contributed by atoms with Crippen LogP contribution in [0.4, 0.5) is 0 Å². The topological polar surface area (TPSA) is 102 Å². The van der Waals surface area contributed by atoms with Crippen LogP contribution in [0.2, 0.25) is 0 Å². The highest BCUT2D eigenvalue weighted by molar-refractivity contribution is 7.99. The highest BCUT2D eigenvalue weighted by atomic mass is 32.2. The highest BCUT2D eigenvalue weighted by Gasteiger charge is 2.22. The lowest BCUT2D eigenvalue weighted by atomic mass is 10.2. The molecule has 0 spiro atoms. The monoisotopic (exact) mass is 373 g/mol. The number of carbonyl (C=O) groups is 1. The van der Waals surface area contributed by atoms with Crippen LogP contribution >= 0.6 is 11.8 Å². The van der Waals surface area contributed by atoms with Crippen LogP contribution in [-0.2, 0) is 14.8 Å². The van der Waals surface area contributed by atoms with Gasteiger partial charge in [-0.05, 0) is 37.2 Å². The molecule has 1 aliphatic rings. The van der Waals surface area contributed by atoms with Gasteiger partial charge in [0.25, 0.3) is 0 Å². The molecule has 134 valence electrons. The summed E-state index contributed by atoms with van der Waals surface area (Å²) in [5.74, 6) is 1.81. The van der Waals surface area contributed by atoms with Crippen molar-refractivity contribution in [2.75, 3.05) is 38.2 Å². The van der Waals surface area contributed by atoms with Crippen molar-refractivity contribution >= 4 is 27.7 Å². The fraction of sp³-hybridized carbons (Fsp3) is 0.533. The van der Waals surface area contributed by atoms with Gasteiger partial charge in [0.1, 0.15) is 5.75 Å². The van der Waals surface area contributed by atoms with E-state index in [2.05, 4.69) is 5.32 Å². The summed E-state index contributed by atoms with van der Waals surface area (Å²) in [5, 5.41) is 8.28. The maximum absolute atomic E-state index is 12.1. The molecule has 3 N–H and O–H groups in total. The van der Waals surface area contributed by atoms with Gasteiger partial charge in [0.15, 0.2) is 0 Å². The number of nitrogens with two attached hydrogens (primary N) is 1. The van der Waals surface area contributed by atoms with E-state index in [-0.39, 0.29) is 10.8 Å². The minimum absolute atomic E-state index is 0.0549. The number of nitrogens with one attached hydrogen (secondary N) is 1. The Kier molecular flexibility index (Phi) is 6.90. The molecular weight excluding hydrogens is 350 g/mol. The van der Waals surface area contributed by atoms with E-state index in [1.54, 1.807) is 12.1 Å². The maximum Gasteiger partial charge on any atom is 0.238 e. The van der Waals surface area contributed by atoms with Gasteiger partial charge >= 0.3 is 0 Å². The molecular formula is C15H23N3O4S2. The molecule has 1 fully saturated rings. The number of benzene rings is 1. The zero-order valence-corrected chi connectivity index (χ0v) is 15.2. The molecule has 0 bridgehead atoms. The lowest BCUT2D eigenvalue weighted by molar-refractivity contribution is -0.128. The predicted octanol–water partition coefficient (Wildman–Crippen LogP) is 0.266. The molecule has 2 rings (SSSR count). The second-order valence-electron chi connectivity index (χ2n) is 5.57. The van der Waals surface area contributed by atoms with E-state index in [1.807, 2.05) is 11.9 Å². The van der Waals surface area contributed by atoms with Gasteiger partial charge in [-0.25, -0.2) is 13.6 Å². The third kappa shape index (κ3) is 5.66. The molecule has 1 atom stereocenters. The Morgan fingerprint density at radius 3 is 2.71 bits per heavy atom. The fourth-order valence-electron chi connectivity index (χ4n) is 2.38. The first-order valence-corrected chi connectivity index (χ1v) is 10.4. The second kappa shape index (κ2) is 8.70. The average Bonchev–Trinajstić information content (AvgIpc) is 3.07. The third-order valence-electron chi connectivity index (χ3n) is 3.85. The molecule has 1 heterocycles. The number of nitrogens with zero attached hydrogens (tertiary/aromatic N) is 1. The van der Waals surface area contributed by atoms with Crippen molar-refractivity contribution in [1.29, 1.82) is 0 Å². The number of primary sulfonamides is 1. The lowest BCUT2D eigenvalue weighted by Crippen LogP contribution is -2.39. The summed E-state index contributed by atoms with van der Waals surface area (Å²) >= 11 is 1.52. The van der Waals surface area contributed by atoms with Gasteiger partial charge in [-0.15, -0.1) is 11.8 Å². The molecule has 0 aliphatic carbocycles. The Hall–Kier alpha value is -1.29. The number of sulfonamides is 1. The van der Waals surface area contributed by atoms with Crippen LogP contribution in [0.25, 0.3) is 0 Å². The minimum atomic E-state index is -3.68. The van der Waals surface area contributed by atoms with E-state index < -0.39 is 10.0 Å². The van der Waals surface area contributed by atoms with Crippen LogP contribution < -0.4 is 15.2 Å². The molecule has 1 unspecified atom stereocenters. The quantitative estimate of drug-likeness (QED) is 0.634. The minimum Gasteiger partial charge on any atom is -0.493 e. The van der Waals surface area contributed by atoms with E-state index in [9.17, 15) is 13.2 Å². The van der Waals surface area contributed by atoms with Gasteiger partial charge in [-0.2, -0.15) is 0 Å². The van der Waals surface area contributed by atoms with Crippen molar-refractivity contribution in [1.82, 2.24) is 10.2 Å². The zero-order valence-electron chi connectivity index (χ0n) is 13.6. The van der Waals surface area contributed by atoms with Crippen LogP contribution in [0.5, 0.6) is 5.75 Å². The third-order valence-corrected chi connectivity index (χ3v) is 5.69. The van der Waals surface area contributed by atoms with E-state index >= 15 is 0 Å². The molecule has 1 amide bonds. The molecule has 24 heavy (non-hydrogen) atoms. The van der Waals surface area contributed by atoms with Crippen LogP contribution in [-0.4, -0.2) is 63.5 Å². The fourth-order valence-corrected chi connectivity index (χ4v) is 3.62. The molecule has 7 nitrogen and oxygen atoms in total. The van der Waals surface area contributed by atoms with Crippen molar-refractivity contribution in [3.05, 3.63) is 24.3 Å². The number of likely N-dealkylation sites (N-methyl/N-ethyl adjacent to an activating group) is 1. The van der Waals surface area contributed by atoms with Gasteiger partial charge < -0.3 is 15.0 Å². The molecule has 1 aromatic carbocycles. The van der Waals surface area contributed by atoms with Gasteiger partial charge in [0.05, 0.1) is 17.3 Å². The predicted molar refractivity (Wildman–Crippen MR) is 94.7 cm³/mol. The molecule has 0 saturated carbocycles. The molecule has 9 heteroatoms. The van der Waals surface area contributed by atoms with Gasteiger partial charge in [0.2, 0.25) is 15.9 Å². The van der Waals surface area contributed by atoms with Crippen LogP contribution in [0, 0.1) is 0 Å². The van der Waals surface area contributed by atoms with Gasteiger partial charge in [0, 0.05) is 25.4 Å². The summed E-state index contributed by atoms with van der Waals surface area (Å²) < 4.78 is 27.8. The summed E-state index contributed by atoms with van der Waals surface area (Å²) in [4.78, 5) is 13.9. The van der Waals surface area contributed by atoms with E-state index in [0.29, 0.717) is 29.9 Å². The zero-order chi connectivity index (χ0) is 17.6. The smallest absolute Gasteiger partial charge is 0.238 e. The molecule has 0 radical (unpaired) electrons. The summed E-state index contributed by atoms with van der Waals surface area (Å²) in [6.07, 6.45) is 1.00. The Morgan fingerprint density at radius 2 is 2.12 bits per heavy atom. The summed E-state index contributed by atoms with van der Waals surface area (Å²) in [5.41, 5.74) is 0. The largest absolute Gasteiger partial charge is 0.493 e. The number of amides is 1. The summed E-state index contributed by atoms with van der Waals surface area (Å²) in [7, 11) is -1.83. The standard InChI is InChI=1S/C15H23N3O4S2/c1-18(12-6-7-17-10-12)15(19)11-23-9-8-22-13-2-4-14(5-3-13)24(16,20)21/h2-5,12,17H,6-11H2,1H3,(H2,16,20,21). The first-order valence-electron chi connectivity index (χ1n) is 7.67. The molecule has 1 aromatic rings. The van der Waals surface area contributed by atoms with Gasteiger partial charge in [-0.3, -0.25) is 4.79 Å². The number of hydrogen-bond donors (Lipinski definition) is 2. The number of carbonyl (C=O) groups excluding carboxylic acids is 1. The molecule has 1 aliphatic heterocycles. The van der Waals surface area contributed by atoms with Crippen LogP contribution in [0.3, 0.4) is 0 Å². The van der Waals surface area contributed by atoms with Gasteiger partial charge in [-0.1, -0.05) is 0 Å².